The number of rotatable bonds is 7. The van der Waals surface area contributed by atoms with E-state index in [2.05, 4.69) is 4.90 Å². The number of nitro benzene ring substituents is 1. The molecule has 1 heterocycles. The summed E-state index contributed by atoms with van der Waals surface area (Å²) >= 11 is 0. The lowest BCUT2D eigenvalue weighted by molar-refractivity contribution is -0.385. The minimum Gasteiger partial charge on any atom is -0.477 e. The van der Waals surface area contributed by atoms with Crippen LogP contribution >= 0.6 is 0 Å². The number of hydrogen-bond acceptors (Lipinski definition) is 5. The van der Waals surface area contributed by atoms with Gasteiger partial charge in [-0.05, 0) is 48.7 Å². The Labute approximate surface area is 203 Å². The zero-order chi connectivity index (χ0) is 24.9. The molecule has 2 atom stereocenters. The second kappa shape index (κ2) is 10.7. The zero-order valence-electron chi connectivity index (χ0n) is 19.8. The van der Waals surface area contributed by atoms with Gasteiger partial charge in [-0.15, -0.1) is 0 Å². The number of halogens is 1. The summed E-state index contributed by atoms with van der Waals surface area (Å²) < 4.78 is 18.8. The number of carbonyl (C=O) groups excluding carboxylic acids is 1. The summed E-state index contributed by atoms with van der Waals surface area (Å²) in [6.45, 7) is 5.59. The molecular formula is C27H28FN3O4. The maximum absolute atomic E-state index is 13.2. The van der Waals surface area contributed by atoms with Gasteiger partial charge in [0.1, 0.15) is 5.82 Å². The molecule has 0 aliphatic carbocycles. The van der Waals surface area contributed by atoms with Crippen LogP contribution in [0.2, 0.25) is 0 Å². The molecule has 3 aromatic carbocycles. The van der Waals surface area contributed by atoms with Crippen LogP contribution in [-0.4, -0.2) is 52.4 Å². The quantitative estimate of drug-likeness (QED) is 0.357. The van der Waals surface area contributed by atoms with Crippen molar-refractivity contribution in [3.63, 3.8) is 0 Å². The molecule has 0 radical (unpaired) electrons. The van der Waals surface area contributed by atoms with Gasteiger partial charge in [0.05, 0.1) is 4.92 Å². The molecule has 0 saturated carbocycles. The average Bonchev–Trinajstić information content (AvgIpc) is 2.86. The van der Waals surface area contributed by atoms with Crippen LogP contribution in [-0.2, 0) is 11.3 Å². The van der Waals surface area contributed by atoms with Gasteiger partial charge in [0, 0.05) is 37.8 Å². The van der Waals surface area contributed by atoms with E-state index in [1.165, 1.54) is 18.2 Å². The lowest BCUT2D eigenvalue weighted by Gasteiger charge is -2.44. The number of amides is 1. The topological polar surface area (TPSA) is 75.9 Å². The average molecular weight is 478 g/mol. The van der Waals surface area contributed by atoms with Crippen molar-refractivity contribution in [2.24, 2.45) is 0 Å². The monoisotopic (exact) mass is 477 g/mol. The fourth-order valence-electron chi connectivity index (χ4n) is 4.40. The molecule has 0 spiro atoms. The number of hydrogen-bond donors (Lipinski definition) is 0. The van der Waals surface area contributed by atoms with Crippen LogP contribution in [0.25, 0.3) is 11.1 Å². The molecule has 7 nitrogen and oxygen atoms in total. The van der Waals surface area contributed by atoms with E-state index >= 15 is 0 Å². The number of benzene rings is 3. The zero-order valence-corrected chi connectivity index (χ0v) is 19.8. The van der Waals surface area contributed by atoms with Crippen LogP contribution in [0.15, 0.2) is 72.8 Å². The van der Waals surface area contributed by atoms with Crippen LogP contribution in [0, 0.1) is 15.9 Å². The van der Waals surface area contributed by atoms with E-state index in [-0.39, 0.29) is 41.9 Å². The fourth-order valence-corrected chi connectivity index (χ4v) is 4.40. The molecule has 0 unspecified atom stereocenters. The standard InChI is InChI=1S/C27H28FN3O4/c1-19-16-30(20(2)15-29(19)17-21-8-11-24(28)12-9-21)27(32)18-35-26-13-10-23(14-25(26)31(33)34)22-6-4-3-5-7-22/h3-14,19-20H,15-18H2,1-2H3/t19-,20+/m0/s1. The van der Waals surface area contributed by atoms with E-state index in [1.807, 2.05) is 44.2 Å². The second-order valence-electron chi connectivity index (χ2n) is 8.89. The lowest BCUT2D eigenvalue weighted by atomic mass is 10.0. The molecule has 3 aromatic rings. The molecular weight excluding hydrogens is 449 g/mol. The number of ether oxygens (including phenoxy) is 1. The third-order valence-corrected chi connectivity index (χ3v) is 6.35. The van der Waals surface area contributed by atoms with Gasteiger partial charge < -0.3 is 9.64 Å². The Morgan fingerprint density at radius 3 is 2.40 bits per heavy atom. The van der Waals surface area contributed by atoms with Gasteiger partial charge in [-0.2, -0.15) is 0 Å². The van der Waals surface area contributed by atoms with Gasteiger partial charge >= 0.3 is 5.69 Å². The molecule has 35 heavy (non-hydrogen) atoms. The van der Waals surface area contributed by atoms with Crippen LogP contribution in [0.5, 0.6) is 5.75 Å². The van der Waals surface area contributed by atoms with Crippen molar-refractivity contribution in [3.8, 4) is 16.9 Å². The first-order valence-corrected chi connectivity index (χ1v) is 11.6. The van der Waals surface area contributed by atoms with E-state index in [9.17, 15) is 19.3 Å². The third kappa shape index (κ3) is 5.84. The Kier molecular flexibility index (Phi) is 7.41. The van der Waals surface area contributed by atoms with Crippen molar-refractivity contribution in [1.82, 2.24) is 9.80 Å². The summed E-state index contributed by atoms with van der Waals surface area (Å²) in [4.78, 5) is 28.2. The van der Waals surface area contributed by atoms with Crippen LogP contribution in [0.1, 0.15) is 19.4 Å². The lowest BCUT2D eigenvalue weighted by Crippen LogP contribution is -2.58. The van der Waals surface area contributed by atoms with E-state index in [0.29, 0.717) is 25.2 Å². The molecule has 182 valence electrons. The Hall–Kier alpha value is -3.78. The van der Waals surface area contributed by atoms with E-state index in [0.717, 1.165) is 11.1 Å². The Morgan fingerprint density at radius 2 is 1.71 bits per heavy atom. The van der Waals surface area contributed by atoms with Crippen molar-refractivity contribution < 1.29 is 18.8 Å². The Morgan fingerprint density at radius 1 is 1.00 bits per heavy atom. The normalized spacial score (nSPS) is 18.3. The number of nitrogens with zero attached hydrogens (tertiary/aromatic N) is 3. The molecule has 1 amide bonds. The van der Waals surface area contributed by atoms with Gasteiger partial charge in [0.25, 0.3) is 5.91 Å². The molecule has 0 bridgehead atoms. The minimum atomic E-state index is -0.495. The van der Waals surface area contributed by atoms with Gasteiger partial charge in [0.15, 0.2) is 12.4 Å². The second-order valence-corrected chi connectivity index (χ2v) is 8.89. The van der Waals surface area contributed by atoms with Crippen molar-refractivity contribution in [2.45, 2.75) is 32.5 Å². The predicted octanol–water partition coefficient (Wildman–Crippen LogP) is 4.90. The van der Waals surface area contributed by atoms with Crippen molar-refractivity contribution >= 4 is 11.6 Å². The molecule has 0 aromatic heterocycles. The number of carbonyl (C=O) groups is 1. The molecule has 1 saturated heterocycles. The third-order valence-electron chi connectivity index (χ3n) is 6.35. The summed E-state index contributed by atoms with van der Waals surface area (Å²) in [6.07, 6.45) is 0. The molecule has 0 N–H and O–H groups in total. The summed E-state index contributed by atoms with van der Waals surface area (Å²) in [7, 11) is 0. The molecule has 8 heteroatoms. The van der Waals surface area contributed by atoms with E-state index < -0.39 is 4.92 Å². The number of nitro groups is 1. The van der Waals surface area contributed by atoms with Crippen molar-refractivity contribution in [3.05, 3.63) is 94.3 Å². The van der Waals surface area contributed by atoms with Crippen molar-refractivity contribution in [1.29, 1.82) is 0 Å². The smallest absolute Gasteiger partial charge is 0.311 e. The highest BCUT2D eigenvalue weighted by Gasteiger charge is 2.32. The molecule has 1 aliphatic heterocycles. The summed E-state index contributed by atoms with van der Waals surface area (Å²) in [5.74, 6) is -0.411. The molecule has 1 aliphatic rings. The maximum atomic E-state index is 13.2. The van der Waals surface area contributed by atoms with Gasteiger partial charge in [-0.1, -0.05) is 48.5 Å². The SMILES string of the molecule is C[C@@H]1CN(Cc2ccc(F)cc2)[C@@H](C)CN1C(=O)COc1ccc(-c2ccccc2)cc1[N+](=O)[O-]. The van der Waals surface area contributed by atoms with E-state index in [1.54, 1.807) is 29.2 Å². The highest BCUT2D eigenvalue weighted by atomic mass is 19.1. The molecule has 4 rings (SSSR count). The Bertz CT molecular complexity index is 1190. The van der Waals surface area contributed by atoms with Crippen molar-refractivity contribution in [2.75, 3.05) is 19.7 Å². The molecule has 1 fully saturated rings. The highest BCUT2D eigenvalue weighted by molar-refractivity contribution is 5.78. The highest BCUT2D eigenvalue weighted by Crippen LogP contribution is 2.32. The van der Waals surface area contributed by atoms with E-state index in [4.69, 9.17) is 4.74 Å². The van der Waals surface area contributed by atoms with Crippen LogP contribution < -0.4 is 4.74 Å². The van der Waals surface area contributed by atoms with Crippen LogP contribution in [0.3, 0.4) is 0 Å². The first-order valence-electron chi connectivity index (χ1n) is 11.6. The summed E-state index contributed by atoms with van der Waals surface area (Å²) in [5, 5.41) is 11.7. The van der Waals surface area contributed by atoms with Gasteiger partial charge in [-0.3, -0.25) is 19.8 Å². The minimum absolute atomic E-state index is 0.0572. The fraction of sp³-hybridized carbons (Fsp3) is 0.296. The first-order chi connectivity index (χ1) is 16.8. The largest absolute Gasteiger partial charge is 0.477 e. The Balaban J connectivity index is 1.39. The van der Waals surface area contributed by atoms with Crippen LogP contribution in [0.4, 0.5) is 10.1 Å². The number of piperazine rings is 1. The summed E-state index contributed by atoms with van der Waals surface area (Å²) in [5.41, 5.74) is 2.40. The predicted molar refractivity (Wildman–Crippen MR) is 131 cm³/mol. The van der Waals surface area contributed by atoms with Gasteiger partial charge in [-0.25, -0.2) is 4.39 Å². The summed E-state index contributed by atoms with van der Waals surface area (Å²) in [6, 6.07) is 20.6. The van der Waals surface area contributed by atoms with Gasteiger partial charge in [0.2, 0.25) is 0 Å². The maximum Gasteiger partial charge on any atom is 0.311 e. The first kappa shape index (κ1) is 24.3.